The summed E-state index contributed by atoms with van der Waals surface area (Å²) in [5.41, 5.74) is 0. The van der Waals surface area contributed by atoms with E-state index in [1.165, 1.54) is 18.9 Å². The van der Waals surface area contributed by atoms with Gasteiger partial charge in [-0.15, -0.1) is 6.58 Å². The van der Waals surface area contributed by atoms with Crippen LogP contribution in [0, 0.1) is 0 Å². The van der Waals surface area contributed by atoms with Crippen LogP contribution in [0.2, 0.25) is 0 Å². The molecule has 0 bridgehead atoms. The topological polar surface area (TPSA) is 55.4 Å². The van der Waals surface area contributed by atoms with Gasteiger partial charge in [0.25, 0.3) is 10.1 Å². The SMILES string of the molecule is C=CCOS(=O)(=O)CCNCCCCC. The minimum atomic E-state index is -3.37. The first-order chi connectivity index (χ1) is 7.12. The van der Waals surface area contributed by atoms with E-state index in [9.17, 15) is 8.42 Å². The van der Waals surface area contributed by atoms with E-state index in [4.69, 9.17) is 0 Å². The summed E-state index contributed by atoms with van der Waals surface area (Å²) in [6.07, 6.45) is 4.85. The molecule has 0 aromatic rings. The van der Waals surface area contributed by atoms with Crippen molar-refractivity contribution in [1.29, 1.82) is 0 Å². The molecule has 0 atom stereocenters. The minimum Gasteiger partial charge on any atom is -0.316 e. The van der Waals surface area contributed by atoms with Crippen LogP contribution >= 0.6 is 0 Å². The Labute approximate surface area is 92.8 Å². The molecule has 4 nitrogen and oxygen atoms in total. The molecule has 0 aliphatic rings. The van der Waals surface area contributed by atoms with Gasteiger partial charge in [-0.1, -0.05) is 25.8 Å². The highest BCUT2D eigenvalue weighted by Gasteiger charge is 2.08. The molecule has 0 aromatic carbocycles. The molecular formula is C10H21NO3S. The molecule has 0 rings (SSSR count). The highest BCUT2D eigenvalue weighted by atomic mass is 32.2. The molecule has 0 heterocycles. The van der Waals surface area contributed by atoms with Crippen molar-refractivity contribution >= 4 is 10.1 Å². The Hall–Kier alpha value is -0.390. The number of rotatable bonds is 10. The Bertz CT molecular complexity index is 249. The molecule has 0 saturated carbocycles. The quantitative estimate of drug-likeness (QED) is 0.352. The summed E-state index contributed by atoms with van der Waals surface area (Å²) in [6.45, 7) is 6.89. The van der Waals surface area contributed by atoms with E-state index in [0.717, 1.165) is 13.0 Å². The first-order valence-electron chi connectivity index (χ1n) is 5.31. The predicted octanol–water partition coefficient (Wildman–Crippen LogP) is 1.30. The zero-order chi connectivity index (χ0) is 11.6. The average Bonchev–Trinajstić information content (AvgIpc) is 2.20. The van der Waals surface area contributed by atoms with Crippen LogP contribution in [0.15, 0.2) is 12.7 Å². The standard InChI is InChI=1S/C10H21NO3S/c1-3-5-6-7-11-8-10-15(12,13)14-9-4-2/h4,11H,2-3,5-10H2,1H3. The fourth-order valence-corrected chi connectivity index (χ4v) is 1.85. The summed E-state index contributed by atoms with van der Waals surface area (Å²) >= 11 is 0. The Morgan fingerprint density at radius 2 is 2.07 bits per heavy atom. The van der Waals surface area contributed by atoms with Crippen LogP contribution in [0.3, 0.4) is 0 Å². The van der Waals surface area contributed by atoms with E-state index >= 15 is 0 Å². The molecule has 1 N–H and O–H groups in total. The van der Waals surface area contributed by atoms with Gasteiger partial charge in [0.2, 0.25) is 0 Å². The molecule has 15 heavy (non-hydrogen) atoms. The van der Waals surface area contributed by atoms with E-state index in [1.807, 2.05) is 0 Å². The molecule has 0 unspecified atom stereocenters. The van der Waals surface area contributed by atoms with Crippen molar-refractivity contribution in [3.8, 4) is 0 Å². The second-order valence-corrected chi connectivity index (χ2v) is 5.05. The molecule has 0 saturated heterocycles. The van der Waals surface area contributed by atoms with Crippen molar-refractivity contribution in [3.63, 3.8) is 0 Å². The second kappa shape index (κ2) is 8.88. The number of nitrogens with one attached hydrogen (secondary N) is 1. The van der Waals surface area contributed by atoms with Crippen molar-refractivity contribution in [3.05, 3.63) is 12.7 Å². The van der Waals surface area contributed by atoms with Gasteiger partial charge in [-0.25, -0.2) is 0 Å². The summed E-state index contributed by atoms with van der Waals surface area (Å²) in [4.78, 5) is 0. The first-order valence-corrected chi connectivity index (χ1v) is 6.89. The third kappa shape index (κ3) is 9.90. The van der Waals surface area contributed by atoms with Crippen molar-refractivity contribution in [1.82, 2.24) is 5.32 Å². The molecule has 0 fully saturated rings. The number of unbranched alkanes of at least 4 members (excludes halogenated alkanes) is 2. The Kier molecular flexibility index (Phi) is 8.65. The van der Waals surface area contributed by atoms with Crippen LogP contribution in [0.25, 0.3) is 0 Å². The molecule has 0 radical (unpaired) electrons. The predicted molar refractivity (Wildman–Crippen MR) is 62.3 cm³/mol. The largest absolute Gasteiger partial charge is 0.316 e. The van der Waals surface area contributed by atoms with Gasteiger partial charge in [-0.2, -0.15) is 8.42 Å². The van der Waals surface area contributed by atoms with Gasteiger partial charge in [0.05, 0.1) is 12.4 Å². The Morgan fingerprint density at radius 3 is 2.67 bits per heavy atom. The zero-order valence-corrected chi connectivity index (χ0v) is 10.2. The lowest BCUT2D eigenvalue weighted by atomic mass is 10.2. The summed E-state index contributed by atoms with van der Waals surface area (Å²) in [5, 5.41) is 3.07. The van der Waals surface area contributed by atoms with Gasteiger partial charge < -0.3 is 5.32 Å². The molecule has 0 aliphatic heterocycles. The summed E-state index contributed by atoms with van der Waals surface area (Å²) in [5.74, 6) is 0.0208. The van der Waals surface area contributed by atoms with E-state index in [1.54, 1.807) is 0 Å². The Morgan fingerprint density at radius 1 is 1.33 bits per heavy atom. The molecule has 0 aliphatic carbocycles. The van der Waals surface area contributed by atoms with E-state index < -0.39 is 10.1 Å². The minimum absolute atomic E-state index is 0.0208. The van der Waals surface area contributed by atoms with Gasteiger partial charge >= 0.3 is 0 Å². The molecule has 0 spiro atoms. The summed E-state index contributed by atoms with van der Waals surface area (Å²) in [7, 11) is -3.37. The van der Waals surface area contributed by atoms with Crippen molar-refractivity contribution in [2.45, 2.75) is 26.2 Å². The monoisotopic (exact) mass is 235 g/mol. The van der Waals surface area contributed by atoms with Gasteiger partial charge in [0.15, 0.2) is 0 Å². The van der Waals surface area contributed by atoms with Gasteiger partial charge in [-0.3, -0.25) is 4.18 Å². The maximum Gasteiger partial charge on any atom is 0.268 e. The number of hydrogen-bond donors (Lipinski definition) is 1. The summed E-state index contributed by atoms with van der Waals surface area (Å²) < 4.78 is 27.0. The van der Waals surface area contributed by atoms with E-state index in [0.29, 0.717) is 6.54 Å². The summed E-state index contributed by atoms with van der Waals surface area (Å²) in [6, 6.07) is 0. The van der Waals surface area contributed by atoms with Crippen molar-refractivity contribution in [2.24, 2.45) is 0 Å². The molecule has 0 amide bonds. The van der Waals surface area contributed by atoms with E-state index in [2.05, 4.69) is 23.0 Å². The third-order valence-corrected chi connectivity index (χ3v) is 3.05. The Balaban J connectivity index is 3.44. The normalized spacial score (nSPS) is 11.5. The van der Waals surface area contributed by atoms with Crippen molar-refractivity contribution < 1.29 is 12.6 Å². The lowest BCUT2D eigenvalue weighted by Gasteiger charge is -2.05. The van der Waals surface area contributed by atoms with Crippen LogP contribution in [0.5, 0.6) is 0 Å². The zero-order valence-electron chi connectivity index (χ0n) is 9.37. The third-order valence-electron chi connectivity index (χ3n) is 1.85. The maximum atomic E-state index is 11.2. The molecule has 0 aromatic heterocycles. The van der Waals surface area contributed by atoms with Crippen LogP contribution < -0.4 is 5.32 Å². The first kappa shape index (κ1) is 14.6. The number of hydrogen-bond acceptors (Lipinski definition) is 4. The highest BCUT2D eigenvalue weighted by molar-refractivity contribution is 7.86. The molecular weight excluding hydrogens is 214 g/mol. The van der Waals surface area contributed by atoms with E-state index in [-0.39, 0.29) is 12.4 Å². The average molecular weight is 235 g/mol. The smallest absolute Gasteiger partial charge is 0.268 e. The fourth-order valence-electron chi connectivity index (χ4n) is 1.03. The fraction of sp³-hybridized carbons (Fsp3) is 0.800. The molecule has 5 heteroatoms. The van der Waals surface area contributed by atoms with Crippen molar-refractivity contribution in [2.75, 3.05) is 25.4 Å². The second-order valence-electron chi connectivity index (χ2n) is 3.29. The van der Waals surface area contributed by atoms with Gasteiger partial charge in [0.1, 0.15) is 0 Å². The van der Waals surface area contributed by atoms with Gasteiger partial charge in [-0.05, 0) is 13.0 Å². The van der Waals surface area contributed by atoms with Crippen LogP contribution in [-0.4, -0.2) is 33.9 Å². The highest BCUT2D eigenvalue weighted by Crippen LogP contribution is 1.93. The maximum absolute atomic E-state index is 11.2. The van der Waals surface area contributed by atoms with Crippen LogP contribution in [-0.2, 0) is 14.3 Å². The lowest BCUT2D eigenvalue weighted by Crippen LogP contribution is -2.25. The van der Waals surface area contributed by atoms with Crippen LogP contribution in [0.1, 0.15) is 26.2 Å². The molecule has 90 valence electrons. The van der Waals surface area contributed by atoms with Gasteiger partial charge in [0, 0.05) is 6.54 Å². The lowest BCUT2D eigenvalue weighted by molar-refractivity contribution is 0.357. The van der Waals surface area contributed by atoms with Crippen LogP contribution in [0.4, 0.5) is 0 Å².